The molecule has 2 nitrogen and oxygen atoms in total. The van der Waals surface area contributed by atoms with Crippen molar-refractivity contribution < 1.29 is 4.74 Å². The zero-order valence-corrected chi connectivity index (χ0v) is 10.8. The van der Waals surface area contributed by atoms with E-state index in [1.807, 2.05) is 18.2 Å². The van der Waals surface area contributed by atoms with Gasteiger partial charge in [-0.05, 0) is 44.0 Å². The van der Waals surface area contributed by atoms with Crippen LogP contribution in [0.5, 0.6) is 0 Å². The van der Waals surface area contributed by atoms with Crippen LogP contribution in [0.2, 0.25) is 5.02 Å². The third-order valence-electron chi connectivity index (χ3n) is 2.55. The number of benzene rings is 1. The molecule has 0 fully saturated rings. The van der Waals surface area contributed by atoms with Crippen LogP contribution in [-0.2, 0) is 11.2 Å². The summed E-state index contributed by atoms with van der Waals surface area (Å²) < 4.78 is 5.04. The minimum Gasteiger partial charge on any atom is -0.385 e. The zero-order chi connectivity index (χ0) is 11.8. The van der Waals surface area contributed by atoms with Crippen molar-refractivity contribution in [2.75, 3.05) is 20.3 Å². The predicted octanol–water partition coefficient (Wildman–Crippen LogP) is 2.90. The lowest BCUT2D eigenvalue weighted by Gasteiger charge is -2.13. The van der Waals surface area contributed by atoms with Gasteiger partial charge in [-0.1, -0.05) is 23.7 Å². The molecule has 1 atom stereocenters. The molecule has 0 aliphatic carbocycles. The van der Waals surface area contributed by atoms with E-state index in [2.05, 4.69) is 18.3 Å². The SMILES string of the molecule is COCCC(C)NCCc1cccc(Cl)c1. The zero-order valence-electron chi connectivity index (χ0n) is 10.0. The van der Waals surface area contributed by atoms with E-state index in [-0.39, 0.29) is 0 Å². The minimum atomic E-state index is 0.499. The van der Waals surface area contributed by atoms with Crippen LogP contribution >= 0.6 is 11.6 Å². The van der Waals surface area contributed by atoms with Gasteiger partial charge in [0, 0.05) is 24.8 Å². The van der Waals surface area contributed by atoms with E-state index < -0.39 is 0 Å². The molecule has 0 aliphatic heterocycles. The number of nitrogens with one attached hydrogen (secondary N) is 1. The Labute approximate surface area is 103 Å². The lowest BCUT2D eigenvalue weighted by molar-refractivity contribution is 0.185. The summed E-state index contributed by atoms with van der Waals surface area (Å²) in [5.74, 6) is 0. The van der Waals surface area contributed by atoms with Crippen LogP contribution < -0.4 is 5.32 Å². The van der Waals surface area contributed by atoms with Crippen molar-refractivity contribution in [1.82, 2.24) is 5.32 Å². The van der Waals surface area contributed by atoms with Crippen LogP contribution in [0.15, 0.2) is 24.3 Å². The fourth-order valence-electron chi connectivity index (χ4n) is 1.55. The lowest BCUT2D eigenvalue weighted by Crippen LogP contribution is -2.29. The summed E-state index contributed by atoms with van der Waals surface area (Å²) in [6.45, 7) is 3.97. The Balaban J connectivity index is 2.20. The first-order valence-electron chi connectivity index (χ1n) is 5.69. The quantitative estimate of drug-likeness (QED) is 0.793. The molecule has 1 unspecified atom stereocenters. The van der Waals surface area contributed by atoms with Gasteiger partial charge >= 0.3 is 0 Å². The van der Waals surface area contributed by atoms with Gasteiger partial charge in [0.2, 0.25) is 0 Å². The van der Waals surface area contributed by atoms with E-state index >= 15 is 0 Å². The molecular weight excluding hydrogens is 222 g/mol. The van der Waals surface area contributed by atoms with Crippen molar-refractivity contribution in [1.29, 1.82) is 0 Å². The summed E-state index contributed by atoms with van der Waals surface area (Å²) >= 11 is 5.92. The maximum absolute atomic E-state index is 5.92. The molecule has 1 aromatic rings. The highest BCUT2D eigenvalue weighted by Crippen LogP contribution is 2.10. The second-order valence-electron chi connectivity index (χ2n) is 4.02. The fraction of sp³-hybridized carbons (Fsp3) is 0.538. The van der Waals surface area contributed by atoms with Crippen molar-refractivity contribution in [3.05, 3.63) is 34.9 Å². The molecule has 1 rings (SSSR count). The third kappa shape index (κ3) is 5.50. The van der Waals surface area contributed by atoms with E-state index in [1.54, 1.807) is 7.11 Å². The van der Waals surface area contributed by atoms with Crippen LogP contribution in [0, 0.1) is 0 Å². The van der Waals surface area contributed by atoms with Crippen LogP contribution in [0.4, 0.5) is 0 Å². The highest BCUT2D eigenvalue weighted by molar-refractivity contribution is 6.30. The van der Waals surface area contributed by atoms with Gasteiger partial charge in [0.15, 0.2) is 0 Å². The average Bonchev–Trinajstić information content (AvgIpc) is 2.26. The Morgan fingerprint density at radius 2 is 2.25 bits per heavy atom. The van der Waals surface area contributed by atoms with Crippen molar-refractivity contribution in [3.8, 4) is 0 Å². The van der Waals surface area contributed by atoms with Crippen molar-refractivity contribution >= 4 is 11.6 Å². The third-order valence-corrected chi connectivity index (χ3v) is 2.79. The molecule has 0 spiro atoms. The van der Waals surface area contributed by atoms with Gasteiger partial charge in [-0.2, -0.15) is 0 Å². The molecule has 0 saturated heterocycles. The minimum absolute atomic E-state index is 0.499. The van der Waals surface area contributed by atoms with E-state index in [0.29, 0.717) is 6.04 Å². The smallest absolute Gasteiger partial charge is 0.0476 e. The van der Waals surface area contributed by atoms with Crippen LogP contribution in [0.3, 0.4) is 0 Å². The topological polar surface area (TPSA) is 21.3 Å². The summed E-state index contributed by atoms with van der Waals surface area (Å²) in [6.07, 6.45) is 2.06. The first-order valence-corrected chi connectivity index (χ1v) is 6.07. The number of hydrogen-bond acceptors (Lipinski definition) is 2. The molecule has 0 aliphatic rings. The fourth-order valence-corrected chi connectivity index (χ4v) is 1.76. The number of rotatable bonds is 7. The van der Waals surface area contributed by atoms with E-state index in [1.165, 1.54) is 5.56 Å². The molecule has 0 heterocycles. The molecule has 90 valence electrons. The van der Waals surface area contributed by atoms with E-state index in [4.69, 9.17) is 16.3 Å². The second kappa shape index (κ2) is 7.66. The van der Waals surface area contributed by atoms with Crippen LogP contribution in [0.25, 0.3) is 0 Å². The number of ether oxygens (including phenoxy) is 1. The maximum atomic E-state index is 5.92. The largest absolute Gasteiger partial charge is 0.385 e. The molecule has 1 aromatic carbocycles. The van der Waals surface area contributed by atoms with Gasteiger partial charge in [0.05, 0.1) is 0 Å². The molecule has 1 N–H and O–H groups in total. The van der Waals surface area contributed by atoms with Gasteiger partial charge in [0.1, 0.15) is 0 Å². The van der Waals surface area contributed by atoms with Gasteiger partial charge in [-0.3, -0.25) is 0 Å². The number of hydrogen-bond donors (Lipinski definition) is 1. The van der Waals surface area contributed by atoms with Gasteiger partial charge in [-0.25, -0.2) is 0 Å². The van der Waals surface area contributed by atoms with Crippen LogP contribution in [-0.4, -0.2) is 26.3 Å². The lowest BCUT2D eigenvalue weighted by atomic mass is 10.1. The molecule has 0 saturated carbocycles. The Morgan fingerprint density at radius 1 is 1.44 bits per heavy atom. The normalized spacial score (nSPS) is 12.7. The molecule has 0 amide bonds. The molecule has 0 aromatic heterocycles. The summed E-state index contributed by atoms with van der Waals surface area (Å²) in [5.41, 5.74) is 1.28. The van der Waals surface area contributed by atoms with Crippen molar-refractivity contribution in [2.45, 2.75) is 25.8 Å². The molecule has 3 heteroatoms. The molecule has 16 heavy (non-hydrogen) atoms. The molecule has 0 bridgehead atoms. The van der Waals surface area contributed by atoms with E-state index in [0.717, 1.165) is 31.0 Å². The Morgan fingerprint density at radius 3 is 2.94 bits per heavy atom. The van der Waals surface area contributed by atoms with Gasteiger partial charge in [0.25, 0.3) is 0 Å². The van der Waals surface area contributed by atoms with Gasteiger partial charge in [-0.15, -0.1) is 0 Å². The monoisotopic (exact) mass is 241 g/mol. The van der Waals surface area contributed by atoms with Crippen molar-refractivity contribution in [3.63, 3.8) is 0 Å². The highest BCUT2D eigenvalue weighted by atomic mass is 35.5. The standard InChI is InChI=1S/C13H20ClNO/c1-11(7-9-16-2)15-8-6-12-4-3-5-13(14)10-12/h3-5,10-11,15H,6-9H2,1-2H3. The number of methoxy groups -OCH3 is 1. The molecular formula is C13H20ClNO. The van der Waals surface area contributed by atoms with Crippen molar-refractivity contribution in [2.24, 2.45) is 0 Å². The average molecular weight is 242 g/mol. The maximum Gasteiger partial charge on any atom is 0.0476 e. The highest BCUT2D eigenvalue weighted by Gasteiger charge is 2.00. The predicted molar refractivity (Wildman–Crippen MR) is 69.1 cm³/mol. The summed E-state index contributed by atoms with van der Waals surface area (Å²) in [6, 6.07) is 8.52. The Bertz CT molecular complexity index is 304. The second-order valence-corrected chi connectivity index (χ2v) is 4.45. The Hall–Kier alpha value is -0.570. The Kier molecular flexibility index (Phi) is 6.46. The summed E-state index contributed by atoms with van der Waals surface area (Å²) in [5, 5.41) is 4.27. The summed E-state index contributed by atoms with van der Waals surface area (Å²) in [7, 11) is 1.73. The van der Waals surface area contributed by atoms with Crippen LogP contribution in [0.1, 0.15) is 18.9 Å². The van der Waals surface area contributed by atoms with E-state index in [9.17, 15) is 0 Å². The molecule has 0 radical (unpaired) electrons. The number of halogens is 1. The first-order chi connectivity index (χ1) is 7.72. The first kappa shape index (κ1) is 13.5. The van der Waals surface area contributed by atoms with Gasteiger partial charge < -0.3 is 10.1 Å². The summed E-state index contributed by atoms with van der Waals surface area (Å²) in [4.78, 5) is 0.